The van der Waals surface area contributed by atoms with Crippen LogP contribution in [0.1, 0.15) is 26.2 Å². The highest BCUT2D eigenvalue weighted by Crippen LogP contribution is 2.19. The fraction of sp³-hybridized carbons (Fsp3) is 0.550. The average molecular weight is 391 g/mol. The number of anilines is 1. The van der Waals surface area contributed by atoms with Gasteiger partial charge in [0, 0.05) is 12.2 Å². The molecule has 1 atom stereocenters. The number of likely N-dealkylation sites (tertiary alicyclic amines) is 1. The first-order valence-electron chi connectivity index (χ1n) is 9.53. The molecule has 1 saturated heterocycles. The zero-order valence-corrected chi connectivity index (χ0v) is 16.8. The van der Waals surface area contributed by atoms with Crippen LogP contribution < -0.4 is 10.1 Å². The summed E-state index contributed by atoms with van der Waals surface area (Å²) in [6.07, 6.45) is 2.38. The standard InChI is InChI=1S/C20H29N3O5/c1-4-28-20(26)17-7-5-6-12-23(17)19(25)14-22(2)13-18(24)21-15-8-10-16(27-3)11-9-15/h8-11,17H,4-7,12-14H2,1-3H3,(H,21,24)/t17-/m0/s1. The van der Waals surface area contributed by atoms with Crippen molar-refractivity contribution in [2.45, 2.75) is 32.2 Å². The van der Waals surface area contributed by atoms with E-state index >= 15 is 0 Å². The highest BCUT2D eigenvalue weighted by Gasteiger charge is 2.33. The molecule has 0 aromatic heterocycles. The van der Waals surface area contributed by atoms with Gasteiger partial charge in [0.1, 0.15) is 11.8 Å². The molecule has 1 aromatic rings. The average Bonchev–Trinajstić information content (AvgIpc) is 2.68. The van der Waals surface area contributed by atoms with Crippen LogP contribution in [0.5, 0.6) is 5.75 Å². The van der Waals surface area contributed by atoms with Gasteiger partial charge in [-0.25, -0.2) is 4.79 Å². The Morgan fingerprint density at radius 2 is 1.89 bits per heavy atom. The van der Waals surface area contributed by atoms with E-state index in [1.165, 1.54) is 0 Å². The molecule has 1 aliphatic heterocycles. The normalized spacial score (nSPS) is 16.6. The summed E-state index contributed by atoms with van der Waals surface area (Å²) in [5, 5.41) is 2.79. The lowest BCUT2D eigenvalue weighted by molar-refractivity contribution is -0.157. The lowest BCUT2D eigenvalue weighted by Gasteiger charge is -2.35. The van der Waals surface area contributed by atoms with Crippen molar-refractivity contribution in [1.29, 1.82) is 0 Å². The van der Waals surface area contributed by atoms with E-state index in [-0.39, 0.29) is 30.9 Å². The van der Waals surface area contributed by atoms with Crippen LogP contribution in [0.4, 0.5) is 5.69 Å². The monoisotopic (exact) mass is 391 g/mol. The summed E-state index contributed by atoms with van der Waals surface area (Å²) in [5.41, 5.74) is 0.656. The summed E-state index contributed by atoms with van der Waals surface area (Å²) < 4.78 is 10.2. The van der Waals surface area contributed by atoms with Crippen molar-refractivity contribution in [1.82, 2.24) is 9.80 Å². The van der Waals surface area contributed by atoms with E-state index < -0.39 is 6.04 Å². The van der Waals surface area contributed by atoms with Crippen LogP contribution in [0.3, 0.4) is 0 Å². The van der Waals surface area contributed by atoms with Crippen LogP contribution in [0, 0.1) is 0 Å². The van der Waals surface area contributed by atoms with Gasteiger partial charge in [0.25, 0.3) is 0 Å². The Morgan fingerprint density at radius 1 is 1.18 bits per heavy atom. The molecule has 8 heteroatoms. The lowest BCUT2D eigenvalue weighted by atomic mass is 10.0. The minimum atomic E-state index is -0.525. The molecule has 154 valence electrons. The van der Waals surface area contributed by atoms with Gasteiger partial charge in [0.15, 0.2) is 0 Å². The number of hydrogen-bond acceptors (Lipinski definition) is 6. The van der Waals surface area contributed by atoms with Crippen molar-refractivity contribution in [2.75, 3.05) is 45.7 Å². The Hall–Kier alpha value is -2.61. The fourth-order valence-corrected chi connectivity index (χ4v) is 3.21. The number of rotatable bonds is 8. The molecular weight excluding hydrogens is 362 g/mol. The van der Waals surface area contributed by atoms with Crippen molar-refractivity contribution in [3.63, 3.8) is 0 Å². The van der Waals surface area contributed by atoms with Gasteiger partial charge in [0.05, 0.1) is 26.8 Å². The number of amides is 2. The Labute approximate surface area is 165 Å². The summed E-state index contributed by atoms with van der Waals surface area (Å²) in [7, 11) is 3.28. The molecule has 1 aromatic carbocycles. The number of nitrogens with one attached hydrogen (secondary N) is 1. The minimum Gasteiger partial charge on any atom is -0.497 e. The second-order valence-corrected chi connectivity index (χ2v) is 6.80. The first kappa shape index (κ1) is 21.7. The zero-order valence-electron chi connectivity index (χ0n) is 16.8. The van der Waals surface area contributed by atoms with Gasteiger partial charge in [0.2, 0.25) is 11.8 Å². The number of carbonyl (C=O) groups is 3. The molecule has 2 rings (SSSR count). The highest BCUT2D eigenvalue weighted by atomic mass is 16.5. The molecule has 8 nitrogen and oxygen atoms in total. The maximum Gasteiger partial charge on any atom is 0.328 e. The molecular formula is C20H29N3O5. The van der Waals surface area contributed by atoms with E-state index in [0.29, 0.717) is 31.0 Å². The van der Waals surface area contributed by atoms with Crippen LogP contribution >= 0.6 is 0 Å². The molecule has 0 unspecified atom stereocenters. The maximum absolute atomic E-state index is 12.7. The highest BCUT2D eigenvalue weighted by molar-refractivity contribution is 5.93. The second-order valence-electron chi connectivity index (χ2n) is 6.80. The minimum absolute atomic E-state index is 0.0614. The fourth-order valence-electron chi connectivity index (χ4n) is 3.21. The Kier molecular flexibility index (Phi) is 8.25. The third-order valence-electron chi connectivity index (χ3n) is 4.57. The lowest BCUT2D eigenvalue weighted by Crippen LogP contribution is -2.51. The molecule has 0 bridgehead atoms. The van der Waals surface area contributed by atoms with Crippen molar-refractivity contribution >= 4 is 23.5 Å². The molecule has 0 saturated carbocycles. The van der Waals surface area contributed by atoms with Crippen LogP contribution in [-0.2, 0) is 19.1 Å². The SMILES string of the molecule is CCOC(=O)[C@@H]1CCCCN1C(=O)CN(C)CC(=O)Nc1ccc(OC)cc1. The largest absolute Gasteiger partial charge is 0.497 e. The van der Waals surface area contributed by atoms with Crippen LogP contribution in [0.15, 0.2) is 24.3 Å². The second kappa shape index (κ2) is 10.7. The topological polar surface area (TPSA) is 88.2 Å². The van der Waals surface area contributed by atoms with E-state index in [1.807, 2.05) is 0 Å². The summed E-state index contributed by atoms with van der Waals surface area (Å²) in [6.45, 7) is 2.71. The molecule has 1 fully saturated rings. The Morgan fingerprint density at radius 3 is 2.54 bits per heavy atom. The maximum atomic E-state index is 12.7. The number of hydrogen-bond donors (Lipinski definition) is 1. The quantitative estimate of drug-likeness (QED) is 0.676. The number of nitrogens with zero attached hydrogens (tertiary/aromatic N) is 2. The van der Waals surface area contributed by atoms with Crippen LogP contribution in [0.25, 0.3) is 0 Å². The smallest absolute Gasteiger partial charge is 0.328 e. The van der Waals surface area contributed by atoms with Gasteiger partial charge in [-0.2, -0.15) is 0 Å². The number of ether oxygens (including phenoxy) is 2. The number of carbonyl (C=O) groups excluding carboxylic acids is 3. The number of piperidine rings is 1. The molecule has 0 radical (unpaired) electrons. The van der Waals surface area contributed by atoms with Crippen molar-refractivity contribution in [3.8, 4) is 5.75 Å². The Balaban J connectivity index is 1.86. The molecule has 1 N–H and O–H groups in total. The summed E-state index contributed by atoms with van der Waals surface area (Å²) >= 11 is 0. The molecule has 1 heterocycles. The molecule has 0 spiro atoms. The van der Waals surface area contributed by atoms with Crippen molar-refractivity contribution in [3.05, 3.63) is 24.3 Å². The first-order chi connectivity index (χ1) is 13.4. The van der Waals surface area contributed by atoms with E-state index in [2.05, 4.69) is 5.32 Å². The van der Waals surface area contributed by atoms with E-state index in [1.54, 1.807) is 55.1 Å². The van der Waals surface area contributed by atoms with Crippen LogP contribution in [0.2, 0.25) is 0 Å². The summed E-state index contributed by atoms with van der Waals surface area (Å²) in [5.74, 6) is -0.0348. The first-order valence-corrected chi connectivity index (χ1v) is 9.53. The van der Waals surface area contributed by atoms with Crippen molar-refractivity contribution in [2.24, 2.45) is 0 Å². The number of likely N-dealkylation sites (N-methyl/N-ethyl adjacent to an activating group) is 1. The molecule has 2 amide bonds. The van der Waals surface area contributed by atoms with Crippen LogP contribution in [-0.4, -0.2) is 74.0 Å². The third kappa shape index (κ3) is 6.23. The van der Waals surface area contributed by atoms with E-state index in [9.17, 15) is 14.4 Å². The van der Waals surface area contributed by atoms with Gasteiger partial charge in [-0.15, -0.1) is 0 Å². The molecule has 0 aliphatic carbocycles. The third-order valence-corrected chi connectivity index (χ3v) is 4.57. The molecule has 28 heavy (non-hydrogen) atoms. The van der Waals surface area contributed by atoms with Gasteiger partial charge < -0.3 is 19.7 Å². The summed E-state index contributed by atoms with van der Waals surface area (Å²) in [4.78, 5) is 40.2. The van der Waals surface area contributed by atoms with Gasteiger partial charge in [-0.05, 0) is 57.5 Å². The number of esters is 1. The predicted octanol–water partition coefficient (Wildman–Crippen LogP) is 1.51. The predicted molar refractivity (Wildman–Crippen MR) is 105 cm³/mol. The van der Waals surface area contributed by atoms with Crippen molar-refractivity contribution < 1.29 is 23.9 Å². The zero-order chi connectivity index (χ0) is 20.5. The molecule has 1 aliphatic rings. The van der Waals surface area contributed by atoms with Gasteiger partial charge >= 0.3 is 5.97 Å². The van der Waals surface area contributed by atoms with E-state index in [0.717, 1.165) is 12.8 Å². The summed E-state index contributed by atoms with van der Waals surface area (Å²) in [6, 6.07) is 6.49. The van der Waals surface area contributed by atoms with Gasteiger partial charge in [-0.3, -0.25) is 14.5 Å². The van der Waals surface area contributed by atoms with Gasteiger partial charge in [-0.1, -0.05) is 0 Å². The number of benzene rings is 1. The van der Waals surface area contributed by atoms with E-state index in [4.69, 9.17) is 9.47 Å². The Bertz CT molecular complexity index is 677. The number of methoxy groups -OCH3 is 1.